The minimum absolute atomic E-state index is 0.0273. The lowest BCUT2D eigenvalue weighted by molar-refractivity contribution is -0.147. The minimum Gasteiger partial charge on any atom is -0.489 e. The van der Waals surface area contributed by atoms with Crippen LogP contribution in [0.4, 0.5) is 4.79 Å². The Morgan fingerprint density at radius 3 is 2.12 bits per heavy atom. The Morgan fingerprint density at radius 1 is 0.827 bits per heavy atom. The number of allylic oxidation sites excluding steroid dienone is 1. The van der Waals surface area contributed by atoms with Crippen molar-refractivity contribution in [2.75, 3.05) is 19.8 Å². The van der Waals surface area contributed by atoms with Crippen LogP contribution in [0.25, 0.3) is 0 Å². The first-order valence-electron chi connectivity index (χ1n) is 17.6. The number of nitrogens with zero attached hydrogens (tertiary/aromatic N) is 1. The van der Waals surface area contributed by atoms with E-state index in [0.29, 0.717) is 25.3 Å². The van der Waals surface area contributed by atoms with Crippen LogP contribution in [0.2, 0.25) is 0 Å². The van der Waals surface area contributed by atoms with Crippen molar-refractivity contribution >= 4 is 23.9 Å². The molecule has 4 atom stereocenters. The van der Waals surface area contributed by atoms with E-state index in [0.717, 1.165) is 29.5 Å². The molecule has 3 amide bonds. The zero-order valence-electron chi connectivity index (χ0n) is 29.5. The van der Waals surface area contributed by atoms with Crippen molar-refractivity contribution in [1.82, 2.24) is 15.5 Å². The van der Waals surface area contributed by atoms with E-state index in [2.05, 4.69) is 23.8 Å². The third-order valence-electron chi connectivity index (χ3n) is 8.77. The van der Waals surface area contributed by atoms with Crippen LogP contribution in [0, 0.1) is 5.92 Å². The van der Waals surface area contributed by atoms with Gasteiger partial charge in [-0.25, -0.2) is 9.59 Å². The fraction of sp³-hybridized carbons (Fsp3) is 0.366. The van der Waals surface area contributed by atoms with Crippen LogP contribution in [0.3, 0.4) is 0 Å². The first-order valence-corrected chi connectivity index (χ1v) is 17.6. The number of aliphatic hydroxyl groups excluding tert-OH is 1. The molecule has 0 aromatic heterocycles. The van der Waals surface area contributed by atoms with E-state index >= 15 is 0 Å². The van der Waals surface area contributed by atoms with Crippen molar-refractivity contribution in [2.24, 2.45) is 5.92 Å². The highest BCUT2D eigenvalue weighted by molar-refractivity contribution is 5.86. The lowest BCUT2D eigenvalue weighted by Gasteiger charge is -2.26. The Balaban J connectivity index is 1.42. The average Bonchev–Trinajstić information content (AvgIpc) is 3.66. The summed E-state index contributed by atoms with van der Waals surface area (Å²) in [6, 6.07) is 24.4. The maximum Gasteiger partial charge on any atom is 0.408 e. The molecule has 0 radical (unpaired) electrons. The van der Waals surface area contributed by atoms with Crippen molar-refractivity contribution in [1.29, 1.82) is 0 Å². The van der Waals surface area contributed by atoms with Gasteiger partial charge in [-0.3, -0.25) is 9.59 Å². The fourth-order valence-corrected chi connectivity index (χ4v) is 5.96. The molecule has 1 saturated heterocycles. The number of rotatable bonds is 20. The number of nitrogens with one attached hydrogen (secondary N) is 2. The number of aliphatic hydroxyl groups is 1. The smallest absolute Gasteiger partial charge is 0.408 e. The molecular formula is C41H49N3O8. The maximum atomic E-state index is 13.7. The molecule has 3 N–H and O–H groups in total. The molecule has 276 valence electrons. The van der Waals surface area contributed by atoms with Gasteiger partial charge >= 0.3 is 12.1 Å². The van der Waals surface area contributed by atoms with E-state index < -0.39 is 30.1 Å². The number of carbonyl (C=O) groups is 4. The van der Waals surface area contributed by atoms with Crippen molar-refractivity contribution in [3.8, 4) is 5.75 Å². The minimum atomic E-state index is -1.07. The van der Waals surface area contributed by atoms with Gasteiger partial charge in [-0.05, 0) is 60.9 Å². The molecule has 4 rings (SSSR count). The molecule has 11 nitrogen and oxygen atoms in total. The van der Waals surface area contributed by atoms with E-state index in [1.54, 1.807) is 11.0 Å². The zero-order valence-corrected chi connectivity index (χ0v) is 29.5. The zero-order chi connectivity index (χ0) is 37.1. The highest BCUT2D eigenvalue weighted by Gasteiger charge is 2.32. The SMILES string of the molecule is C=CCC(CC(=O)N1CCCC1CO)C(=O)NC(COC(=O)C(CC=C)NC(=O)OCc1ccccc1)Cc1ccc(OCc2ccccc2)cc1. The number of hydrogen-bond donors (Lipinski definition) is 3. The molecule has 3 aromatic rings. The van der Waals surface area contributed by atoms with E-state index in [9.17, 15) is 24.3 Å². The standard InChI is InChI=1S/C41H49N3O8/c1-3-12-33(25-38(46)44-23-11-18-35(44)26-45)39(47)42-34(24-30-19-21-36(22-20-30)50-27-31-14-7-5-8-15-31)29-51-40(48)37(13-4-2)43-41(49)52-28-32-16-9-6-10-17-32/h3-10,14-17,19-22,33-35,37,45H,1-2,11-13,18,23-29H2,(H,42,47)(H,43,49). The van der Waals surface area contributed by atoms with Crippen LogP contribution in [0.15, 0.2) is 110 Å². The van der Waals surface area contributed by atoms with Gasteiger partial charge in [-0.15, -0.1) is 13.2 Å². The summed E-state index contributed by atoms with van der Waals surface area (Å²) in [6.07, 6.45) is 4.41. The van der Waals surface area contributed by atoms with Gasteiger partial charge in [0.2, 0.25) is 11.8 Å². The van der Waals surface area contributed by atoms with Crippen molar-refractivity contribution in [3.05, 3.63) is 127 Å². The van der Waals surface area contributed by atoms with Crippen LogP contribution in [0.1, 0.15) is 48.8 Å². The van der Waals surface area contributed by atoms with Gasteiger partial charge < -0.3 is 34.9 Å². The molecule has 3 aromatic carbocycles. The first-order chi connectivity index (χ1) is 25.3. The molecule has 1 aliphatic rings. The van der Waals surface area contributed by atoms with Gasteiger partial charge in [-0.2, -0.15) is 0 Å². The number of likely N-dealkylation sites (tertiary alicyclic amines) is 1. The Labute approximate surface area is 305 Å². The molecular weight excluding hydrogens is 662 g/mol. The number of hydrogen-bond acceptors (Lipinski definition) is 8. The van der Waals surface area contributed by atoms with Gasteiger partial charge in [0.1, 0.15) is 31.6 Å². The average molecular weight is 712 g/mol. The first kappa shape index (κ1) is 39.4. The fourth-order valence-electron chi connectivity index (χ4n) is 5.96. The summed E-state index contributed by atoms with van der Waals surface area (Å²) >= 11 is 0. The second kappa shape index (κ2) is 21.1. The summed E-state index contributed by atoms with van der Waals surface area (Å²) in [4.78, 5) is 54.3. The molecule has 0 bridgehead atoms. The summed E-state index contributed by atoms with van der Waals surface area (Å²) in [7, 11) is 0. The summed E-state index contributed by atoms with van der Waals surface area (Å²) < 4.78 is 16.9. The van der Waals surface area contributed by atoms with E-state index in [-0.39, 0.29) is 56.9 Å². The number of carbonyl (C=O) groups excluding carboxylic acids is 4. The largest absolute Gasteiger partial charge is 0.489 e. The van der Waals surface area contributed by atoms with E-state index in [4.69, 9.17) is 14.2 Å². The summed E-state index contributed by atoms with van der Waals surface area (Å²) in [5.41, 5.74) is 2.67. The van der Waals surface area contributed by atoms with E-state index in [1.165, 1.54) is 6.08 Å². The second-order valence-electron chi connectivity index (χ2n) is 12.7. The molecule has 0 spiro atoms. The Hall–Kier alpha value is -5.42. The quantitative estimate of drug-likeness (QED) is 0.106. The van der Waals surface area contributed by atoms with Crippen molar-refractivity contribution in [2.45, 2.75) is 69.9 Å². The number of ether oxygens (including phenoxy) is 3. The molecule has 4 unspecified atom stereocenters. The second-order valence-corrected chi connectivity index (χ2v) is 12.7. The Kier molecular flexibility index (Phi) is 15.9. The van der Waals surface area contributed by atoms with Gasteiger partial charge in [0.05, 0.1) is 24.6 Å². The third-order valence-corrected chi connectivity index (χ3v) is 8.77. The maximum absolute atomic E-state index is 13.7. The van der Waals surface area contributed by atoms with Crippen molar-refractivity contribution in [3.63, 3.8) is 0 Å². The van der Waals surface area contributed by atoms with Gasteiger partial charge in [0.25, 0.3) is 0 Å². The monoisotopic (exact) mass is 711 g/mol. The van der Waals surface area contributed by atoms with Crippen LogP contribution in [-0.2, 0) is 43.5 Å². The van der Waals surface area contributed by atoms with Gasteiger partial charge in [0.15, 0.2) is 0 Å². The topological polar surface area (TPSA) is 143 Å². The molecule has 0 aliphatic carbocycles. The van der Waals surface area contributed by atoms with Crippen LogP contribution < -0.4 is 15.4 Å². The molecule has 0 saturated carbocycles. The van der Waals surface area contributed by atoms with Crippen LogP contribution >= 0.6 is 0 Å². The lowest BCUT2D eigenvalue weighted by Crippen LogP contribution is -2.47. The summed E-state index contributed by atoms with van der Waals surface area (Å²) in [5, 5.41) is 15.3. The van der Waals surface area contributed by atoms with E-state index in [1.807, 2.05) is 84.9 Å². The summed E-state index contributed by atoms with van der Waals surface area (Å²) in [5.74, 6) is -1.36. The Morgan fingerprint density at radius 2 is 1.48 bits per heavy atom. The lowest BCUT2D eigenvalue weighted by atomic mass is 9.98. The van der Waals surface area contributed by atoms with Gasteiger partial charge in [-0.1, -0.05) is 84.9 Å². The molecule has 1 fully saturated rings. The molecule has 1 heterocycles. The Bertz CT molecular complexity index is 1600. The molecule has 1 aliphatic heterocycles. The van der Waals surface area contributed by atoms with Crippen LogP contribution in [0.5, 0.6) is 5.75 Å². The number of alkyl carbamates (subject to hydrolysis) is 1. The highest BCUT2D eigenvalue weighted by atomic mass is 16.6. The van der Waals surface area contributed by atoms with Crippen LogP contribution in [-0.4, -0.2) is 71.8 Å². The van der Waals surface area contributed by atoms with Crippen molar-refractivity contribution < 1.29 is 38.5 Å². The predicted octanol–water partition coefficient (Wildman–Crippen LogP) is 5.27. The normalized spacial score (nSPS) is 15.4. The molecule has 11 heteroatoms. The predicted molar refractivity (Wildman–Crippen MR) is 197 cm³/mol. The summed E-state index contributed by atoms with van der Waals surface area (Å²) in [6.45, 7) is 8.11. The number of benzene rings is 3. The third kappa shape index (κ3) is 12.7. The molecule has 52 heavy (non-hydrogen) atoms. The highest BCUT2D eigenvalue weighted by Crippen LogP contribution is 2.22. The number of esters is 1. The number of amides is 3. The van der Waals surface area contributed by atoms with Gasteiger partial charge in [0, 0.05) is 13.0 Å².